The maximum absolute atomic E-state index is 13.5. The van der Waals surface area contributed by atoms with E-state index in [0.717, 1.165) is 12.6 Å². The molecule has 23 heavy (non-hydrogen) atoms. The second-order valence-corrected chi connectivity index (χ2v) is 5.04. The van der Waals surface area contributed by atoms with Gasteiger partial charge in [0.15, 0.2) is 17.3 Å². The molecule has 0 bridgehead atoms. The van der Waals surface area contributed by atoms with E-state index in [1.807, 2.05) is 13.8 Å². The number of benzene rings is 1. The molecule has 0 radical (unpaired) electrons. The summed E-state index contributed by atoms with van der Waals surface area (Å²) < 4.78 is 18.3. The van der Waals surface area contributed by atoms with Crippen molar-refractivity contribution in [1.82, 2.24) is 10.6 Å². The summed E-state index contributed by atoms with van der Waals surface area (Å²) in [5, 5.41) is 5.93. The molecule has 7 heteroatoms. The number of carbonyl (C=O) groups excluding carboxylic acids is 2. The molecule has 0 saturated carbocycles. The molecular formula is C16H24ClFN2O3. The highest BCUT2D eigenvalue weighted by molar-refractivity contribution is 5.98. The number of hydrogen-bond donors (Lipinski definition) is 2. The number of nitrogens with one attached hydrogen (secondary N) is 2. The number of amides is 1. The Hall–Kier alpha value is -1.66. The van der Waals surface area contributed by atoms with Gasteiger partial charge in [0.2, 0.25) is 5.91 Å². The van der Waals surface area contributed by atoms with Crippen molar-refractivity contribution in [2.24, 2.45) is 0 Å². The lowest BCUT2D eigenvalue weighted by molar-refractivity contribution is -0.121. The van der Waals surface area contributed by atoms with Gasteiger partial charge in [-0.25, -0.2) is 4.39 Å². The molecule has 1 amide bonds. The monoisotopic (exact) mass is 346 g/mol. The topological polar surface area (TPSA) is 67.4 Å². The summed E-state index contributed by atoms with van der Waals surface area (Å²) >= 11 is 0. The minimum absolute atomic E-state index is 0. The number of Topliss-reactive ketones (excluding diaryl/α,β-unsaturated/α-hetero) is 1. The van der Waals surface area contributed by atoms with Crippen LogP contribution in [0.3, 0.4) is 0 Å². The van der Waals surface area contributed by atoms with Crippen LogP contribution >= 0.6 is 12.4 Å². The highest BCUT2D eigenvalue weighted by atomic mass is 35.5. The van der Waals surface area contributed by atoms with E-state index in [1.54, 1.807) is 0 Å². The minimum atomic E-state index is -0.586. The van der Waals surface area contributed by atoms with Gasteiger partial charge in [0.1, 0.15) is 0 Å². The minimum Gasteiger partial charge on any atom is -0.494 e. The molecule has 0 aromatic heterocycles. The fraction of sp³-hybridized carbons (Fsp3) is 0.500. The molecule has 0 unspecified atom stereocenters. The van der Waals surface area contributed by atoms with E-state index in [4.69, 9.17) is 4.74 Å². The number of methoxy groups -OCH3 is 1. The highest BCUT2D eigenvalue weighted by Crippen LogP contribution is 2.18. The molecular weight excluding hydrogens is 323 g/mol. The predicted octanol–water partition coefficient (Wildman–Crippen LogP) is 2.33. The number of halogens is 2. The van der Waals surface area contributed by atoms with Crippen molar-refractivity contribution in [3.05, 3.63) is 29.6 Å². The van der Waals surface area contributed by atoms with Gasteiger partial charge < -0.3 is 15.4 Å². The predicted molar refractivity (Wildman–Crippen MR) is 89.9 cm³/mol. The Bertz CT molecular complexity index is 526. The average molecular weight is 347 g/mol. The van der Waals surface area contributed by atoms with Crippen LogP contribution in [0.5, 0.6) is 5.75 Å². The smallest absolute Gasteiger partial charge is 0.220 e. The third-order valence-electron chi connectivity index (χ3n) is 3.21. The lowest BCUT2D eigenvalue weighted by Crippen LogP contribution is -2.38. The van der Waals surface area contributed by atoms with Crippen LogP contribution in [0, 0.1) is 5.82 Å². The van der Waals surface area contributed by atoms with E-state index >= 15 is 0 Å². The molecule has 130 valence electrons. The number of ketones is 1. The van der Waals surface area contributed by atoms with Crippen LogP contribution in [-0.2, 0) is 4.79 Å². The van der Waals surface area contributed by atoms with E-state index in [1.165, 1.54) is 19.2 Å². The van der Waals surface area contributed by atoms with Crippen molar-refractivity contribution >= 4 is 24.1 Å². The fourth-order valence-electron chi connectivity index (χ4n) is 1.99. The molecule has 0 aliphatic rings. The Morgan fingerprint density at radius 2 is 2.00 bits per heavy atom. The zero-order chi connectivity index (χ0) is 16.5. The van der Waals surface area contributed by atoms with Crippen LogP contribution in [0.4, 0.5) is 4.39 Å². The van der Waals surface area contributed by atoms with Gasteiger partial charge in [-0.2, -0.15) is 0 Å². The number of hydrogen-bond acceptors (Lipinski definition) is 4. The molecule has 1 aromatic rings. The first-order chi connectivity index (χ1) is 10.5. The maximum atomic E-state index is 13.5. The summed E-state index contributed by atoms with van der Waals surface area (Å²) in [4.78, 5) is 23.6. The summed E-state index contributed by atoms with van der Waals surface area (Å²) in [6.07, 6.45) is 0.137. The van der Waals surface area contributed by atoms with Crippen LogP contribution in [0.25, 0.3) is 0 Å². The summed E-state index contributed by atoms with van der Waals surface area (Å²) in [5.41, 5.74) is 0.243. The Morgan fingerprint density at radius 1 is 1.30 bits per heavy atom. The van der Waals surface area contributed by atoms with Crippen molar-refractivity contribution in [3.63, 3.8) is 0 Å². The van der Waals surface area contributed by atoms with E-state index in [-0.39, 0.29) is 54.3 Å². The van der Waals surface area contributed by atoms with Crippen molar-refractivity contribution in [2.75, 3.05) is 20.2 Å². The molecule has 1 rings (SSSR count). The molecule has 0 saturated heterocycles. The molecule has 0 spiro atoms. The largest absolute Gasteiger partial charge is 0.494 e. The van der Waals surface area contributed by atoms with Gasteiger partial charge in [-0.3, -0.25) is 9.59 Å². The number of likely N-dealkylation sites (N-methyl/N-ethyl adjacent to an activating group) is 1. The summed E-state index contributed by atoms with van der Waals surface area (Å²) in [6, 6.07) is 4.21. The zero-order valence-corrected chi connectivity index (χ0v) is 14.5. The van der Waals surface area contributed by atoms with Crippen LogP contribution in [0.1, 0.15) is 37.0 Å². The first kappa shape index (κ1) is 21.3. The molecule has 1 atom stereocenters. The third kappa shape index (κ3) is 7.43. The molecule has 0 aliphatic heterocycles. The third-order valence-corrected chi connectivity index (χ3v) is 3.21. The SMILES string of the molecule is CCN[C@H](C)CNC(=O)CCC(=O)c1ccc(OC)c(F)c1.Cl. The quantitative estimate of drug-likeness (QED) is 0.673. The van der Waals surface area contributed by atoms with E-state index in [9.17, 15) is 14.0 Å². The van der Waals surface area contributed by atoms with Gasteiger partial charge in [-0.1, -0.05) is 6.92 Å². The molecule has 0 fully saturated rings. The molecule has 5 nitrogen and oxygen atoms in total. The Balaban J connectivity index is 0.00000484. The molecule has 1 aromatic carbocycles. The number of rotatable bonds is 9. The van der Waals surface area contributed by atoms with Gasteiger partial charge in [-0.15, -0.1) is 12.4 Å². The summed E-state index contributed by atoms with van der Waals surface area (Å²) in [5.74, 6) is -0.951. The first-order valence-corrected chi connectivity index (χ1v) is 7.34. The Labute approximate surface area is 142 Å². The fourth-order valence-corrected chi connectivity index (χ4v) is 1.99. The van der Waals surface area contributed by atoms with Crippen molar-refractivity contribution in [2.45, 2.75) is 32.7 Å². The van der Waals surface area contributed by atoms with Crippen LogP contribution in [0.2, 0.25) is 0 Å². The second-order valence-electron chi connectivity index (χ2n) is 5.04. The summed E-state index contributed by atoms with van der Waals surface area (Å²) in [6.45, 7) is 5.30. The molecule has 0 heterocycles. The average Bonchev–Trinajstić information content (AvgIpc) is 2.50. The van der Waals surface area contributed by atoms with Crippen LogP contribution < -0.4 is 15.4 Å². The van der Waals surface area contributed by atoms with E-state index in [0.29, 0.717) is 6.54 Å². The van der Waals surface area contributed by atoms with Crippen LogP contribution in [-0.4, -0.2) is 37.9 Å². The number of carbonyl (C=O) groups is 2. The number of ether oxygens (including phenoxy) is 1. The van der Waals surface area contributed by atoms with Gasteiger partial charge in [-0.05, 0) is 31.7 Å². The van der Waals surface area contributed by atoms with Crippen molar-refractivity contribution in [3.8, 4) is 5.75 Å². The lowest BCUT2D eigenvalue weighted by Gasteiger charge is -2.13. The molecule has 2 N–H and O–H groups in total. The second kappa shape index (κ2) is 11.0. The Kier molecular flexibility index (Phi) is 10.2. The van der Waals surface area contributed by atoms with Gasteiger partial charge in [0.05, 0.1) is 7.11 Å². The molecule has 0 aliphatic carbocycles. The van der Waals surface area contributed by atoms with E-state index < -0.39 is 5.82 Å². The van der Waals surface area contributed by atoms with Crippen molar-refractivity contribution in [1.29, 1.82) is 0 Å². The van der Waals surface area contributed by atoms with Crippen molar-refractivity contribution < 1.29 is 18.7 Å². The summed E-state index contributed by atoms with van der Waals surface area (Å²) in [7, 11) is 1.36. The highest BCUT2D eigenvalue weighted by Gasteiger charge is 2.12. The Morgan fingerprint density at radius 3 is 2.57 bits per heavy atom. The van der Waals surface area contributed by atoms with E-state index in [2.05, 4.69) is 10.6 Å². The first-order valence-electron chi connectivity index (χ1n) is 7.34. The standard InChI is InChI=1S/C16H23FN2O3.ClH/c1-4-18-11(2)10-19-16(21)8-6-14(20)12-5-7-15(22-3)13(17)9-12;/h5,7,9,11,18H,4,6,8,10H2,1-3H3,(H,19,21);1H/t11-;/m1./s1. The van der Waals surface area contributed by atoms with Crippen LogP contribution in [0.15, 0.2) is 18.2 Å². The van der Waals surface area contributed by atoms with Gasteiger partial charge >= 0.3 is 0 Å². The normalized spacial score (nSPS) is 11.3. The zero-order valence-electron chi connectivity index (χ0n) is 13.6. The van der Waals surface area contributed by atoms with Gasteiger partial charge in [0, 0.05) is 31.0 Å². The van der Waals surface area contributed by atoms with Gasteiger partial charge in [0.25, 0.3) is 0 Å². The maximum Gasteiger partial charge on any atom is 0.220 e. The lowest BCUT2D eigenvalue weighted by atomic mass is 10.1.